The number of ketones is 2. The van der Waals surface area contributed by atoms with Gasteiger partial charge in [-0.15, -0.1) is 5.10 Å². The van der Waals surface area contributed by atoms with Gasteiger partial charge in [0.05, 0.1) is 90.1 Å². The first kappa shape index (κ1) is 94.0. The average Bonchev–Trinajstić information content (AvgIpc) is 1.56. The fourth-order valence-corrected chi connectivity index (χ4v) is 24.7. The topological polar surface area (TPSA) is 305 Å². The van der Waals surface area contributed by atoms with E-state index in [-0.39, 0.29) is 47.4 Å². The first-order valence-corrected chi connectivity index (χ1v) is 50.7. The number of rotatable bonds is 12. The van der Waals surface area contributed by atoms with Crippen LogP contribution in [0.4, 0.5) is 11.4 Å². The van der Waals surface area contributed by atoms with E-state index in [1.165, 1.54) is 27.5 Å². The van der Waals surface area contributed by atoms with Crippen molar-refractivity contribution < 1.29 is 34.5 Å². The lowest BCUT2D eigenvalue weighted by molar-refractivity contribution is -0.159. The Morgan fingerprint density at radius 1 is 0.523 bits per heavy atom. The molecule has 8 unspecified atom stereocenters. The molecule has 0 aliphatic heterocycles. The molecule has 2 amide bonds. The van der Waals surface area contributed by atoms with Gasteiger partial charge >= 0.3 is 0 Å². The van der Waals surface area contributed by atoms with E-state index in [0.29, 0.717) is 95.8 Å². The number of hydrogen-bond donors (Lipinski definition) is 7. The minimum atomic E-state index is -1.78. The number of pyridine rings is 2. The van der Waals surface area contributed by atoms with E-state index in [4.69, 9.17) is 43.3 Å². The number of amides is 2. The summed E-state index contributed by atoms with van der Waals surface area (Å²) in [5.41, 5.74) is 22.9. The van der Waals surface area contributed by atoms with E-state index in [0.717, 1.165) is 134 Å². The number of H-pyrrole nitrogens is 3. The van der Waals surface area contributed by atoms with Gasteiger partial charge in [-0.3, -0.25) is 24.1 Å². The molecule has 149 heavy (non-hydrogen) atoms. The molecule has 27 rings (SSSR count). The molecule has 0 spiro atoms. The summed E-state index contributed by atoms with van der Waals surface area (Å²) in [4.78, 5) is 91.0. The highest BCUT2D eigenvalue weighted by Crippen LogP contribution is 2.69. The Morgan fingerprint density at radius 2 is 1.11 bits per heavy atom. The number of fused-ring (bicyclic) bond motifs is 19. The van der Waals surface area contributed by atoms with Crippen LogP contribution in [0, 0.1) is 55.3 Å². The van der Waals surface area contributed by atoms with Crippen LogP contribution in [0.1, 0.15) is 132 Å². The fraction of sp³-hybridized carbons (Fsp3) is 0.152. The third-order valence-electron chi connectivity index (χ3n) is 31.2. The van der Waals surface area contributed by atoms with Gasteiger partial charge in [0.1, 0.15) is 39.0 Å². The van der Waals surface area contributed by atoms with Gasteiger partial charge in [0.15, 0.2) is 17.3 Å². The second-order valence-electron chi connectivity index (χ2n) is 40.2. The SMILES string of the molecule is CC1=CC2C(C(O)CC3(C)C2CC(C)C3(O)N(C(=O)c2ccc(C(=O)Nc3cccc(-c4nc5ccccc5[nH]4)c3)cc2C)c2cccc(-c3nc4ccccc4[nH]3)c2)C2(C)Cc3cnn(-c4ccccc4)c3C=C12.Cc1cc(Cl)nc2ccc(Cc3ccc4nc(Cl)cc(C)c4c3)cc12.O=C1c2ccccc2C(=O)c2c1cccc2-n1nnc2ccccc21.Oc1ccccc1-c1nc2c3ccccc3c3ccccc3c2[nH]1. The third kappa shape index (κ3) is 16.4. The summed E-state index contributed by atoms with van der Waals surface area (Å²) in [5, 5.41) is 61.5. The summed E-state index contributed by atoms with van der Waals surface area (Å²) >= 11 is 12.1. The van der Waals surface area contributed by atoms with Crippen molar-refractivity contribution in [2.75, 3.05) is 10.2 Å². The van der Waals surface area contributed by atoms with E-state index in [1.807, 2.05) is 212 Å². The standard InChI is InChI=1S/C63H58N8O4.C21H16Cl2N2.C21H14N2O.C20H11N3O2/c1-36-27-41(59(73)65-43-17-13-15-39(30-43)57-66-50-21-9-10-22-51(50)67-57)25-26-46(36)60(74)70(45-20-14-16-40(31-45)58-68-52-23-11-12-24-53(52)69-58)63(75)38(3)29-49-47-28-37(2)48-32-54-42(35-64-71(54)44-18-7-6-8-19-44)33-61(48,4)56(47)55(72)34-62(49,63)5;1-12-7-20(22)24-18-5-3-14(10-16(12)18)9-15-4-6-19-17(11-15)13(2)8-21(23)25-19;24-18-12-6-5-11-17(18)21-22-19-15-9-3-1-7-13(15)14-8-2-4-10-16(14)20(19)23-21;24-19-12-6-1-2-7-13(12)20(25)18-14(19)8-5-11-17(18)23-16-10-4-3-9-15(16)21-22-23/h6-28,30-32,35,38,47,49,55-56,72,75H,29,33-34H2,1-5H3,(H,65,73)(H,66,67)(H,68,69);3-8,10-11H,9H2,1-2H3;1-12,24H,(H,22,23);1-11H. The maximum atomic E-state index is 15.9. The number of aliphatic hydroxyl groups excluding tert-OH is 1. The highest BCUT2D eigenvalue weighted by atomic mass is 35.5. The molecule has 5 aliphatic rings. The van der Waals surface area contributed by atoms with E-state index >= 15 is 4.79 Å². The van der Waals surface area contributed by atoms with Crippen LogP contribution in [0.5, 0.6) is 5.75 Å². The van der Waals surface area contributed by atoms with Gasteiger partial charge in [-0.05, 0) is 267 Å². The van der Waals surface area contributed by atoms with Gasteiger partial charge < -0.3 is 35.6 Å². The number of nitrogens with zero attached hydrogens (tertiary/aromatic N) is 11. The molecule has 15 aromatic carbocycles. The average molecular weight is 1990 g/mol. The van der Waals surface area contributed by atoms with Crippen LogP contribution in [-0.4, -0.2) is 115 Å². The van der Waals surface area contributed by atoms with Gasteiger partial charge in [0, 0.05) is 94.5 Å². The maximum Gasteiger partial charge on any atom is 0.260 e. The lowest BCUT2D eigenvalue weighted by Crippen LogP contribution is -2.67. The zero-order chi connectivity index (χ0) is 102. The number of aromatic hydroxyl groups is 1. The minimum absolute atomic E-state index is 0.0964. The zero-order valence-electron chi connectivity index (χ0n) is 82.4. The van der Waals surface area contributed by atoms with Crippen LogP contribution in [-0.2, 0) is 12.8 Å². The number of carbonyl (C=O) groups excluding carboxylic acids is 4. The highest BCUT2D eigenvalue weighted by molar-refractivity contribution is 6.31. The number of carbonyl (C=O) groups is 4. The third-order valence-corrected chi connectivity index (χ3v) is 31.6. The van der Waals surface area contributed by atoms with Crippen molar-refractivity contribution in [2.24, 2.45) is 34.5 Å². The molecular weight excluding hydrogens is 1890 g/mol. The molecule has 22 aromatic rings. The summed E-state index contributed by atoms with van der Waals surface area (Å²) in [6.07, 6.45) is 8.27. The van der Waals surface area contributed by atoms with Crippen molar-refractivity contribution in [2.45, 2.75) is 86.0 Å². The predicted octanol–water partition coefficient (Wildman–Crippen LogP) is 26.9. The Balaban J connectivity index is 0.000000128. The number of hydrogen-bond acceptors (Lipinski definition) is 15. The van der Waals surface area contributed by atoms with Crippen LogP contribution in [0.25, 0.3) is 139 Å². The summed E-state index contributed by atoms with van der Waals surface area (Å²) in [6.45, 7) is 14.6. The number of benzene rings is 15. The molecule has 7 heterocycles. The van der Waals surface area contributed by atoms with Crippen LogP contribution in [0.2, 0.25) is 10.3 Å². The largest absolute Gasteiger partial charge is 0.507 e. The molecular formula is C125H99Cl2N15O7. The second kappa shape index (κ2) is 37.3. The Morgan fingerprint density at radius 3 is 1.78 bits per heavy atom. The molecule has 0 bridgehead atoms. The van der Waals surface area contributed by atoms with Gasteiger partial charge in [-0.1, -0.05) is 249 Å². The first-order chi connectivity index (χ1) is 72.3. The molecule has 730 valence electrons. The van der Waals surface area contributed by atoms with Gasteiger partial charge in [-0.25, -0.2) is 34.3 Å². The summed E-state index contributed by atoms with van der Waals surface area (Å²) in [7, 11) is 0. The predicted molar refractivity (Wildman–Crippen MR) is 590 cm³/mol. The van der Waals surface area contributed by atoms with E-state index in [2.05, 4.69) is 167 Å². The van der Waals surface area contributed by atoms with Crippen LogP contribution >= 0.6 is 23.2 Å². The van der Waals surface area contributed by atoms with E-state index in [9.17, 15) is 29.7 Å². The van der Waals surface area contributed by atoms with Crippen molar-refractivity contribution in [1.29, 1.82) is 0 Å². The summed E-state index contributed by atoms with van der Waals surface area (Å²) in [5.74, 6) is 0.431. The number of aliphatic hydroxyl groups is 2. The normalized spacial score (nSPS) is 18.9. The van der Waals surface area contributed by atoms with Crippen molar-refractivity contribution in [1.82, 2.24) is 64.6 Å². The van der Waals surface area contributed by atoms with Gasteiger partial charge in [0.2, 0.25) is 0 Å². The zero-order valence-corrected chi connectivity index (χ0v) is 83.9. The number of phenols is 1. The Labute approximate surface area is 866 Å². The van der Waals surface area contributed by atoms with Crippen molar-refractivity contribution >= 4 is 152 Å². The van der Waals surface area contributed by atoms with E-state index < -0.39 is 34.5 Å². The quantitative estimate of drug-likeness (QED) is 0.0340. The first-order valence-electron chi connectivity index (χ1n) is 49.9. The van der Waals surface area contributed by atoms with Crippen LogP contribution in [0.3, 0.4) is 0 Å². The number of nitrogens with one attached hydrogen (secondary N) is 4. The molecule has 2 fully saturated rings. The molecule has 22 nitrogen and oxygen atoms in total. The number of phenolic OH excluding ortho intramolecular Hbond substituents is 1. The lowest BCUT2D eigenvalue weighted by Gasteiger charge is -2.61. The number of aromatic nitrogens is 13. The molecule has 24 heteroatoms. The Bertz CT molecular complexity index is 9110. The van der Waals surface area contributed by atoms with E-state index in [1.54, 1.807) is 76.3 Å². The number of aryl methyl sites for hydroxylation is 3. The molecule has 7 aromatic heterocycles. The molecule has 5 aliphatic carbocycles. The van der Waals surface area contributed by atoms with Crippen molar-refractivity contribution in [3.63, 3.8) is 0 Å². The van der Waals surface area contributed by atoms with Crippen LogP contribution in [0.15, 0.2) is 357 Å². The molecule has 0 radical (unpaired) electrons. The molecule has 2 saturated carbocycles. The Kier molecular flexibility index (Phi) is 23.6. The summed E-state index contributed by atoms with van der Waals surface area (Å²) < 4.78 is 3.63. The molecule has 8 atom stereocenters. The van der Waals surface area contributed by atoms with Gasteiger partial charge in [0.25, 0.3) is 11.8 Å². The van der Waals surface area contributed by atoms with Gasteiger partial charge in [-0.2, -0.15) is 5.10 Å². The molecule has 0 saturated heterocycles. The van der Waals surface area contributed by atoms with Crippen LogP contribution < -0.4 is 10.2 Å². The number of imidazole rings is 3. The number of allylic oxidation sites excluding steroid dienone is 3. The second-order valence-corrected chi connectivity index (χ2v) is 41.0. The maximum absolute atomic E-state index is 15.9. The highest BCUT2D eigenvalue weighted by Gasteiger charge is 2.71. The van der Waals surface area contributed by atoms with Crippen molar-refractivity contribution in [3.8, 4) is 51.3 Å². The Hall–Kier alpha value is -17.3. The summed E-state index contributed by atoms with van der Waals surface area (Å²) in [6, 6.07) is 106. The minimum Gasteiger partial charge on any atom is -0.507 e. The molecule has 7 N–H and O–H groups in total. The monoisotopic (exact) mass is 1990 g/mol. The van der Waals surface area contributed by atoms with Crippen molar-refractivity contribution in [3.05, 3.63) is 440 Å². The number of anilines is 2. The number of aromatic amines is 3. The fourth-order valence-electron chi connectivity index (χ4n) is 24.2. The lowest BCUT2D eigenvalue weighted by atomic mass is 9.46. The number of halogens is 2. The number of para-hydroxylation sites is 7. The smallest absolute Gasteiger partial charge is 0.260 e.